The molecule has 0 bridgehead atoms. The first-order valence-corrected chi connectivity index (χ1v) is 6.45. The summed E-state index contributed by atoms with van der Waals surface area (Å²) >= 11 is 0. The van der Waals surface area contributed by atoms with Crippen LogP contribution in [-0.4, -0.2) is 39.5 Å². The van der Waals surface area contributed by atoms with E-state index in [1.807, 2.05) is 0 Å². The second-order valence-corrected chi connectivity index (χ2v) is 4.88. The summed E-state index contributed by atoms with van der Waals surface area (Å²) in [6.07, 6.45) is 1.08. The molecule has 1 aromatic rings. The maximum Gasteiger partial charge on any atom is 0.326 e. The van der Waals surface area contributed by atoms with E-state index in [0.29, 0.717) is 30.6 Å². The third-order valence-electron chi connectivity index (χ3n) is 3.46. The average Bonchev–Trinajstić information content (AvgIpc) is 2.90. The van der Waals surface area contributed by atoms with Gasteiger partial charge in [0.25, 0.3) is 5.69 Å². The number of amides is 2. The number of nitrogens with zero attached hydrogens (tertiary/aromatic N) is 2. The number of carbonyl (C=O) groups is 2. The van der Waals surface area contributed by atoms with E-state index >= 15 is 0 Å². The Morgan fingerprint density at radius 3 is 2.76 bits per heavy atom. The average molecular weight is 293 g/mol. The summed E-state index contributed by atoms with van der Waals surface area (Å²) in [5.74, 6) is -1.02. The monoisotopic (exact) mass is 293 g/mol. The van der Waals surface area contributed by atoms with E-state index in [9.17, 15) is 19.7 Å². The number of carboxylic acids is 1. The maximum absolute atomic E-state index is 12.1. The van der Waals surface area contributed by atoms with Crippen molar-refractivity contribution in [2.75, 3.05) is 11.9 Å². The molecule has 0 aliphatic carbocycles. The van der Waals surface area contributed by atoms with Gasteiger partial charge in [-0.25, -0.2) is 9.59 Å². The number of aliphatic carboxylic acids is 1. The summed E-state index contributed by atoms with van der Waals surface area (Å²) in [5.41, 5.74) is 0.917. The SMILES string of the molecule is Cc1cc([N+](=O)[O-])ccc1NC(=O)N1CCC[C@@H]1C(=O)O. The van der Waals surface area contributed by atoms with Gasteiger partial charge in [0.2, 0.25) is 0 Å². The molecule has 1 aromatic carbocycles. The van der Waals surface area contributed by atoms with Gasteiger partial charge in [0.15, 0.2) is 0 Å². The number of nitro benzene ring substituents is 1. The van der Waals surface area contributed by atoms with Crippen LogP contribution in [0.1, 0.15) is 18.4 Å². The Kier molecular flexibility index (Phi) is 4.06. The summed E-state index contributed by atoms with van der Waals surface area (Å²) in [6.45, 7) is 2.02. The Hall–Kier alpha value is -2.64. The summed E-state index contributed by atoms with van der Waals surface area (Å²) in [5, 5.41) is 22.3. The van der Waals surface area contributed by atoms with E-state index in [0.717, 1.165) is 0 Å². The molecule has 112 valence electrons. The number of likely N-dealkylation sites (tertiary alicyclic amines) is 1. The lowest BCUT2D eigenvalue weighted by Gasteiger charge is -2.22. The second kappa shape index (κ2) is 5.78. The van der Waals surface area contributed by atoms with Crippen LogP contribution in [0.5, 0.6) is 0 Å². The Balaban J connectivity index is 2.13. The van der Waals surface area contributed by atoms with Gasteiger partial charge in [-0.3, -0.25) is 10.1 Å². The predicted molar refractivity (Wildman–Crippen MR) is 74.2 cm³/mol. The van der Waals surface area contributed by atoms with Crippen LogP contribution in [0.4, 0.5) is 16.2 Å². The van der Waals surface area contributed by atoms with Crippen molar-refractivity contribution in [2.45, 2.75) is 25.8 Å². The van der Waals surface area contributed by atoms with E-state index < -0.39 is 23.0 Å². The predicted octanol–water partition coefficient (Wildman–Crippen LogP) is 1.98. The molecule has 2 rings (SSSR count). The van der Waals surface area contributed by atoms with Crippen molar-refractivity contribution in [2.24, 2.45) is 0 Å². The minimum absolute atomic E-state index is 0.0601. The molecule has 0 unspecified atom stereocenters. The summed E-state index contributed by atoms with van der Waals surface area (Å²) in [4.78, 5) is 34.6. The standard InChI is InChI=1S/C13H15N3O5/c1-8-7-9(16(20)21)4-5-10(8)14-13(19)15-6-2-3-11(15)12(17)18/h4-5,7,11H,2-3,6H2,1H3,(H,14,19)(H,17,18)/t11-/m1/s1. The Labute approximate surface area is 120 Å². The molecule has 0 saturated carbocycles. The number of aryl methyl sites for hydroxylation is 1. The minimum atomic E-state index is -1.02. The minimum Gasteiger partial charge on any atom is -0.480 e. The van der Waals surface area contributed by atoms with Crippen molar-refractivity contribution in [3.63, 3.8) is 0 Å². The number of hydrogen-bond acceptors (Lipinski definition) is 4. The molecule has 1 aliphatic heterocycles. The number of carbonyl (C=O) groups excluding carboxylic acids is 1. The van der Waals surface area contributed by atoms with Crippen LogP contribution in [0.15, 0.2) is 18.2 Å². The van der Waals surface area contributed by atoms with Gasteiger partial charge in [0, 0.05) is 24.4 Å². The van der Waals surface area contributed by atoms with Crippen molar-refractivity contribution in [3.8, 4) is 0 Å². The van der Waals surface area contributed by atoms with Crippen molar-refractivity contribution >= 4 is 23.4 Å². The number of non-ortho nitro benzene ring substituents is 1. The first-order valence-electron chi connectivity index (χ1n) is 6.45. The van der Waals surface area contributed by atoms with Gasteiger partial charge in [-0.1, -0.05) is 0 Å². The molecule has 8 nitrogen and oxygen atoms in total. The largest absolute Gasteiger partial charge is 0.480 e. The molecule has 2 amide bonds. The maximum atomic E-state index is 12.1. The molecule has 0 radical (unpaired) electrons. The van der Waals surface area contributed by atoms with Gasteiger partial charge in [-0.15, -0.1) is 0 Å². The van der Waals surface area contributed by atoms with Crippen LogP contribution in [0, 0.1) is 17.0 Å². The third-order valence-corrected chi connectivity index (χ3v) is 3.46. The Morgan fingerprint density at radius 2 is 2.19 bits per heavy atom. The number of urea groups is 1. The van der Waals surface area contributed by atoms with E-state index in [1.54, 1.807) is 6.92 Å². The number of anilines is 1. The number of nitro groups is 1. The first-order chi connectivity index (χ1) is 9.90. The van der Waals surface area contributed by atoms with Crippen molar-refractivity contribution in [1.29, 1.82) is 0 Å². The van der Waals surface area contributed by atoms with E-state index in [4.69, 9.17) is 5.11 Å². The fraction of sp³-hybridized carbons (Fsp3) is 0.385. The molecular weight excluding hydrogens is 278 g/mol. The van der Waals surface area contributed by atoms with Crippen LogP contribution < -0.4 is 5.32 Å². The van der Waals surface area contributed by atoms with Crippen LogP contribution >= 0.6 is 0 Å². The Morgan fingerprint density at radius 1 is 1.48 bits per heavy atom. The molecule has 1 fully saturated rings. The van der Waals surface area contributed by atoms with Gasteiger partial charge in [0.1, 0.15) is 6.04 Å². The summed E-state index contributed by atoms with van der Waals surface area (Å²) in [7, 11) is 0. The highest BCUT2D eigenvalue weighted by Crippen LogP contribution is 2.23. The lowest BCUT2D eigenvalue weighted by molar-refractivity contribution is -0.384. The molecule has 8 heteroatoms. The van der Waals surface area contributed by atoms with E-state index in [1.165, 1.54) is 23.1 Å². The van der Waals surface area contributed by atoms with Gasteiger partial charge < -0.3 is 15.3 Å². The van der Waals surface area contributed by atoms with Gasteiger partial charge in [0.05, 0.1) is 4.92 Å². The van der Waals surface area contributed by atoms with Crippen LogP contribution in [0.2, 0.25) is 0 Å². The fourth-order valence-electron chi connectivity index (χ4n) is 2.36. The summed E-state index contributed by atoms with van der Waals surface area (Å²) in [6, 6.07) is 2.77. The number of hydrogen-bond donors (Lipinski definition) is 2. The highest BCUT2D eigenvalue weighted by molar-refractivity contribution is 5.93. The zero-order valence-electron chi connectivity index (χ0n) is 11.4. The topological polar surface area (TPSA) is 113 Å². The molecule has 0 spiro atoms. The first kappa shape index (κ1) is 14.8. The van der Waals surface area contributed by atoms with E-state index in [-0.39, 0.29) is 5.69 Å². The zero-order chi connectivity index (χ0) is 15.6. The molecule has 1 atom stereocenters. The third kappa shape index (κ3) is 3.10. The van der Waals surface area contributed by atoms with Gasteiger partial charge in [-0.05, 0) is 31.4 Å². The smallest absolute Gasteiger partial charge is 0.326 e. The highest BCUT2D eigenvalue weighted by Gasteiger charge is 2.34. The summed E-state index contributed by atoms with van der Waals surface area (Å²) < 4.78 is 0. The van der Waals surface area contributed by atoms with Crippen molar-refractivity contribution < 1.29 is 19.6 Å². The van der Waals surface area contributed by atoms with Gasteiger partial charge in [-0.2, -0.15) is 0 Å². The quantitative estimate of drug-likeness (QED) is 0.653. The Bertz CT molecular complexity index is 601. The van der Waals surface area contributed by atoms with Gasteiger partial charge >= 0.3 is 12.0 Å². The molecule has 21 heavy (non-hydrogen) atoms. The lowest BCUT2D eigenvalue weighted by atomic mass is 10.2. The zero-order valence-corrected chi connectivity index (χ0v) is 11.4. The molecule has 0 aromatic heterocycles. The number of carboxylic acid groups (broad SMARTS) is 1. The molecular formula is C13H15N3O5. The highest BCUT2D eigenvalue weighted by atomic mass is 16.6. The number of rotatable bonds is 3. The molecule has 1 heterocycles. The van der Waals surface area contributed by atoms with Crippen LogP contribution in [0.3, 0.4) is 0 Å². The second-order valence-electron chi connectivity index (χ2n) is 4.88. The molecule has 1 aliphatic rings. The van der Waals surface area contributed by atoms with Crippen molar-refractivity contribution in [3.05, 3.63) is 33.9 Å². The lowest BCUT2D eigenvalue weighted by Crippen LogP contribution is -2.42. The molecule has 2 N–H and O–H groups in total. The van der Waals surface area contributed by atoms with E-state index in [2.05, 4.69) is 5.32 Å². The van der Waals surface area contributed by atoms with Crippen LogP contribution in [-0.2, 0) is 4.79 Å². The number of benzene rings is 1. The molecule has 1 saturated heterocycles. The normalized spacial score (nSPS) is 17.6. The number of nitrogens with one attached hydrogen (secondary N) is 1. The van der Waals surface area contributed by atoms with Crippen molar-refractivity contribution in [1.82, 2.24) is 4.90 Å². The van der Waals surface area contributed by atoms with Crippen LogP contribution in [0.25, 0.3) is 0 Å². The fourth-order valence-corrected chi connectivity index (χ4v) is 2.36.